The summed E-state index contributed by atoms with van der Waals surface area (Å²) < 4.78 is 9.88. The van der Waals surface area contributed by atoms with Crippen LogP contribution in [0.25, 0.3) is 0 Å². The number of amides is 1. The Kier molecular flexibility index (Phi) is 6.23. The van der Waals surface area contributed by atoms with Gasteiger partial charge in [0.1, 0.15) is 6.61 Å². The Balaban J connectivity index is 2.41. The number of carbonyl (C=O) groups excluding carboxylic acids is 2. The summed E-state index contributed by atoms with van der Waals surface area (Å²) in [6.45, 7) is 4.57. The molecule has 19 heavy (non-hydrogen) atoms. The summed E-state index contributed by atoms with van der Waals surface area (Å²) in [5.41, 5.74) is 5.25. The molecule has 1 amide bonds. The van der Waals surface area contributed by atoms with Gasteiger partial charge in [0, 0.05) is 11.4 Å². The van der Waals surface area contributed by atoms with E-state index in [2.05, 4.69) is 10.3 Å². The standard InChI is InChI=1S/C11H17N3O4S/c1-3-18-10(16)9-7(2)19-11(14-9)13-4-5-17-6-8(12)15/h3-6H2,1-2H3,(H2,12,15)(H,13,14). The third-order valence-corrected chi connectivity index (χ3v) is 2.96. The Bertz CT molecular complexity index is 447. The molecular formula is C11H17N3O4S. The van der Waals surface area contributed by atoms with Gasteiger partial charge in [0.2, 0.25) is 5.91 Å². The van der Waals surface area contributed by atoms with E-state index in [0.717, 1.165) is 4.88 Å². The summed E-state index contributed by atoms with van der Waals surface area (Å²) in [4.78, 5) is 26.9. The Labute approximate surface area is 115 Å². The largest absolute Gasteiger partial charge is 0.461 e. The average Bonchev–Trinajstić information content (AvgIpc) is 2.70. The molecule has 0 aromatic carbocycles. The van der Waals surface area contributed by atoms with Crippen molar-refractivity contribution in [2.24, 2.45) is 5.73 Å². The van der Waals surface area contributed by atoms with Crippen LogP contribution < -0.4 is 11.1 Å². The summed E-state index contributed by atoms with van der Waals surface area (Å²) in [6, 6.07) is 0. The molecule has 0 fully saturated rings. The molecule has 7 nitrogen and oxygen atoms in total. The van der Waals surface area contributed by atoms with Crippen molar-refractivity contribution in [3.8, 4) is 0 Å². The number of nitrogens with zero attached hydrogens (tertiary/aromatic N) is 1. The molecule has 0 aliphatic heterocycles. The number of esters is 1. The molecule has 1 rings (SSSR count). The smallest absolute Gasteiger partial charge is 0.358 e. The number of aromatic nitrogens is 1. The average molecular weight is 287 g/mol. The van der Waals surface area contributed by atoms with Crippen molar-refractivity contribution in [2.45, 2.75) is 13.8 Å². The van der Waals surface area contributed by atoms with Gasteiger partial charge in [0.05, 0.1) is 13.2 Å². The summed E-state index contributed by atoms with van der Waals surface area (Å²) in [7, 11) is 0. The summed E-state index contributed by atoms with van der Waals surface area (Å²) in [5.74, 6) is -0.927. The van der Waals surface area contributed by atoms with Crippen LogP contribution in [0, 0.1) is 6.92 Å². The van der Waals surface area contributed by atoms with E-state index >= 15 is 0 Å². The first-order valence-electron chi connectivity index (χ1n) is 5.79. The van der Waals surface area contributed by atoms with E-state index < -0.39 is 11.9 Å². The maximum atomic E-state index is 11.5. The number of aryl methyl sites for hydroxylation is 1. The normalized spacial score (nSPS) is 10.2. The highest BCUT2D eigenvalue weighted by Gasteiger charge is 2.16. The summed E-state index contributed by atoms with van der Waals surface area (Å²) >= 11 is 1.36. The highest BCUT2D eigenvalue weighted by Crippen LogP contribution is 2.22. The first-order valence-corrected chi connectivity index (χ1v) is 6.60. The second kappa shape index (κ2) is 7.70. The summed E-state index contributed by atoms with van der Waals surface area (Å²) in [6.07, 6.45) is 0. The lowest BCUT2D eigenvalue weighted by Gasteiger charge is -2.02. The molecule has 0 spiro atoms. The van der Waals surface area contributed by atoms with Crippen molar-refractivity contribution in [3.05, 3.63) is 10.6 Å². The lowest BCUT2D eigenvalue weighted by molar-refractivity contribution is -0.122. The Morgan fingerprint density at radius 3 is 2.84 bits per heavy atom. The number of thiazole rings is 1. The van der Waals surface area contributed by atoms with E-state index in [-0.39, 0.29) is 6.61 Å². The van der Waals surface area contributed by atoms with Gasteiger partial charge in [-0.25, -0.2) is 9.78 Å². The minimum Gasteiger partial charge on any atom is -0.461 e. The van der Waals surface area contributed by atoms with E-state index in [9.17, 15) is 9.59 Å². The Morgan fingerprint density at radius 2 is 2.21 bits per heavy atom. The predicted octanol–water partition coefficient (Wildman–Crippen LogP) is 0.542. The van der Waals surface area contributed by atoms with Gasteiger partial charge in [-0.15, -0.1) is 11.3 Å². The number of hydrogen-bond acceptors (Lipinski definition) is 7. The molecule has 1 aromatic rings. The fourth-order valence-corrected chi connectivity index (χ4v) is 2.09. The predicted molar refractivity (Wildman–Crippen MR) is 71.3 cm³/mol. The van der Waals surface area contributed by atoms with Crippen LogP contribution in [-0.2, 0) is 14.3 Å². The minimum atomic E-state index is -0.505. The number of nitrogens with two attached hydrogens (primary N) is 1. The van der Waals surface area contributed by atoms with Gasteiger partial charge in [-0.2, -0.15) is 0 Å². The third-order valence-electron chi connectivity index (χ3n) is 2.03. The first kappa shape index (κ1) is 15.4. The maximum absolute atomic E-state index is 11.5. The molecule has 0 atom stereocenters. The van der Waals surface area contributed by atoms with Gasteiger partial charge < -0.3 is 20.5 Å². The molecule has 1 aromatic heterocycles. The molecule has 1 heterocycles. The van der Waals surface area contributed by atoms with Gasteiger partial charge in [-0.1, -0.05) is 0 Å². The van der Waals surface area contributed by atoms with E-state index in [4.69, 9.17) is 15.2 Å². The van der Waals surface area contributed by atoms with Gasteiger partial charge >= 0.3 is 5.97 Å². The summed E-state index contributed by atoms with van der Waals surface area (Å²) in [5, 5.41) is 3.61. The highest BCUT2D eigenvalue weighted by molar-refractivity contribution is 7.15. The van der Waals surface area contributed by atoms with Crippen LogP contribution in [0.5, 0.6) is 0 Å². The lowest BCUT2D eigenvalue weighted by atomic mass is 10.4. The zero-order chi connectivity index (χ0) is 14.3. The van der Waals surface area contributed by atoms with Crippen LogP contribution >= 0.6 is 11.3 Å². The minimum absolute atomic E-state index is 0.105. The van der Waals surface area contributed by atoms with Crippen LogP contribution in [0.2, 0.25) is 0 Å². The van der Waals surface area contributed by atoms with Gasteiger partial charge in [0.15, 0.2) is 10.8 Å². The van der Waals surface area contributed by atoms with Crippen molar-refractivity contribution in [2.75, 3.05) is 31.7 Å². The van der Waals surface area contributed by atoms with E-state index in [1.54, 1.807) is 13.8 Å². The SMILES string of the molecule is CCOC(=O)c1nc(NCCOCC(N)=O)sc1C. The second-order valence-electron chi connectivity index (χ2n) is 3.59. The number of hydrogen-bond donors (Lipinski definition) is 2. The quantitative estimate of drug-likeness (QED) is 0.534. The molecule has 0 unspecified atom stereocenters. The van der Waals surface area contributed by atoms with Crippen molar-refractivity contribution in [3.63, 3.8) is 0 Å². The molecule has 8 heteroatoms. The van der Waals surface area contributed by atoms with Crippen LogP contribution in [0.3, 0.4) is 0 Å². The Hall–Kier alpha value is -1.67. The molecule has 0 bridgehead atoms. The number of nitrogens with one attached hydrogen (secondary N) is 1. The molecule has 106 valence electrons. The zero-order valence-corrected chi connectivity index (χ0v) is 11.7. The molecule has 3 N–H and O–H groups in total. The van der Waals surface area contributed by atoms with Crippen LogP contribution in [0.15, 0.2) is 0 Å². The topological polar surface area (TPSA) is 104 Å². The first-order chi connectivity index (χ1) is 9.04. The maximum Gasteiger partial charge on any atom is 0.358 e. The molecule has 0 aliphatic rings. The van der Waals surface area contributed by atoms with E-state index in [0.29, 0.717) is 30.6 Å². The zero-order valence-electron chi connectivity index (χ0n) is 10.9. The van der Waals surface area contributed by atoms with Crippen LogP contribution in [0.4, 0.5) is 5.13 Å². The number of carbonyl (C=O) groups is 2. The number of primary amides is 1. The fraction of sp³-hybridized carbons (Fsp3) is 0.545. The molecular weight excluding hydrogens is 270 g/mol. The molecule has 0 radical (unpaired) electrons. The monoisotopic (exact) mass is 287 g/mol. The number of ether oxygens (including phenoxy) is 2. The molecule has 0 saturated carbocycles. The number of rotatable bonds is 8. The van der Waals surface area contributed by atoms with E-state index in [1.165, 1.54) is 11.3 Å². The van der Waals surface area contributed by atoms with Gasteiger partial charge in [-0.3, -0.25) is 4.79 Å². The lowest BCUT2D eigenvalue weighted by Crippen LogP contribution is -2.20. The molecule has 0 saturated heterocycles. The van der Waals surface area contributed by atoms with Crippen LogP contribution in [0.1, 0.15) is 22.3 Å². The van der Waals surface area contributed by atoms with Gasteiger partial charge in [-0.05, 0) is 13.8 Å². The van der Waals surface area contributed by atoms with Crippen LogP contribution in [-0.4, -0.2) is 43.2 Å². The van der Waals surface area contributed by atoms with E-state index in [1.807, 2.05) is 0 Å². The highest BCUT2D eigenvalue weighted by atomic mass is 32.1. The van der Waals surface area contributed by atoms with Crippen molar-refractivity contribution in [1.29, 1.82) is 0 Å². The van der Waals surface area contributed by atoms with Gasteiger partial charge in [0.25, 0.3) is 0 Å². The van der Waals surface area contributed by atoms with Crippen molar-refractivity contribution < 1.29 is 19.1 Å². The second-order valence-corrected chi connectivity index (χ2v) is 4.79. The Morgan fingerprint density at radius 1 is 1.47 bits per heavy atom. The fourth-order valence-electron chi connectivity index (χ4n) is 1.26. The third kappa shape index (κ3) is 5.23. The van der Waals surface area contributed by atoms with Crippen molar-refractivity contribution >= 4 is 28.3 Å². The molecule has 0 aliphatic carbocycles. The number of anilines is 1. The van der Waals surface area contributed by atoms with Crippen molar-refractivity contribution in [1.82, 2.24) is 4.98 Å².